The fraction of sp³-hybridized carbons (Fsp3) is 0.333. The van der Waals surface area contributed by atoms with E-state index in [-0.39, 0.29) is 6.54 Å². The molecule has 1 fully saturated rings. The van der Waals surface area contributed by atoms with Gasteiger partial charge in [0.2, 0.25) is 0 Å². The number of hydrogen-bond acceptors (Lipinski definition) is 4. The van der Waals surface area contributed by atoms with Crippen molar-refractivity contribution >= 4 is 11.7 Å². The van der Waals surface area contributed by atoms with Crippen LogP contribution in [0.4, 0.5) is 19.0 Å². The molecule has 1 aliphatic heterocycles. The number of rotatable bonds is 4. The molecule has 1 aliphatic rings. The number of amides is 1. The number of aromatic nitrogens is 1. The lowest BCUT2D eigenvalue weighted by Gasteiger charge is -2.29. The third-order valence-corrected chi connectivity index (χ3v) is 4.09. The SMILES string of the molecule is O=C(NCc1cccnc1N1CCOCC1)c1ccccc1C(F)(F)F. The molecule has 0 atom stereocenters. The molecule has 1 N–H and O–H groups in total. The predicted molar refractivity (Wildman–Crippen MR) is 89.9 cm³/mol. The number of ether oxygens (including phenoxy) is 1. The van der Waals surface area contributed by atoms with Gasteiger partial charge in [0.1, 0.15) is 5.82 Å². The van der Waals surface area contributed by atoms with E-state index in [1.54, 1.807) is 18.3 Å². The zero-order valence-electron chi connectivity index (χ0n) is 13.9. The zero-order chi connectivity index (χ0) is 18.6. The molecule has 26 heavy (non-hydrogen) atoms. The van der Waals surface area contributed by atoms with Gasteiger partial charge in [-0.05, 0) is 18.2 Å². The van der Waals surface area contributed by atoms with Crippen molar-refractivity contribution in [1.82, 2.24) is 10.3 Å². The first kappa shape index (κ1) is 18.2. The van der Waals surface area contributed by atoms with Gasteiger partial charge in [0.05, 0.1) is 24.3 Å². The van der Waals surface area contributed by atoms with Gasteiger partial charge >= 0.3 is 6.18 Å². The van der Waals surface area contributed by atoms with Crippen LogP contribution in [0.3, 0.4) is 0 Å². The summed E-state index contributed by atoms with van der Waals surface area (Å²) in [4.78, 5) is 18.7. The van der Waals surface area contributed by atoms with Crippen molar-refractivity contribution in [2.45, 2.75) is 12.7 Å². The lowest BCUT2D eigenvalue weighted by atomic mass is 10.1. The highest BCUT2D eigenvalue weighted by molar-refractivity contribution is 5.95. The summed E-state index contributed by atoms with van der Waals surface area (Å²) in [6.07, 6.45) is -2.93. The molecular weight excluding hydrogens is 347 g/mol. The zero-order valence-corrected chi connectivity index (χ0v) is 13.9. The summed E-state index contributed by atoms with van der Waals surface area (Å²) >= 11 is 0. The topological polar surface area (TPSA) is 54.5 Å². The number of benzene rings is 1. The largest absolute Gasteiger partial charge is 0.417 e. The van der Waals surface area contributed by atoms with Crippen molar-refractivity contribution in [1.29, 1.82) is 0 Å². The minimum absolute atomic E-state index is 0.0888. The van der Waals surface area contributed by atoms with E-state index in [4.69, 9.17) is 4.74 Å². The minimum Gasteiger partial charge on any atom is -0.378 e. The molecule has 0 aliphatic carbocycles. The Hall–Kier alpha value is -2.61. The van der Waals surface area contributed by atoms with Crippen molar-refractivity contribution in [3.63, 3.8) is 0 Å². The third-order valence-electron chi connectivity index (χ3n) is 4.09. The molecule has 1 saturated heterocycles. The Morgan fingerprint density at radius 1 is 1.15 bits per heavy atom. The Bertz CT molecular complexity index is 774. The molecular formula is C18H18F3N3O2. The van der Waals surface area contributed by atoms with Gasteiger partial charge in [-0.25, -0.2) is 4.98 Å². The third kappa shape index (κ3) is 4.13. The number of halogens is 3. The fourth-order valence-corrected chi connectivity index (χ4v) is 2.83. The maximum Gasteiger partial charge on any atom is 0.417 e. The summed E-state index contributed by atoms with van der Waals surface area (Å²) < 4.78 is 44.5. The number of carbonyl (C=O) groups is 1. The maximum absolute atomic E-state index is 13.1. The van der Waals surface area contributed by atoms with E-state index in [1.807, 2.05) is 4.90 Å². The second kappa shape index (κ2) is 7.74. The van der Waals surface area contributed by atoms with Crippen LogP contribution in [0.5, 0.6) is 0 Å². The number of anilines is 1. The van der Waals surface area contributed by atoms with Crippen LogP contribution in [0.1, 0.15) is 21.5 Å². The van der Waals surface area contributed by atoms with Crippen LogP contribution in [0, 0.1) is 0 Å². The van der Waals surface area contributed by atoms with Crippen molar-refractivity contribution in [3.8, 4) is 0 Å². The van der Waals surface area contributed by atoms with Gasteiger partial charge in [0.25, 0.3) is 5.91 Å². The van der Waals surface area contributed by atoms with E-state index in [0.29, 0.717) is 32.1 Å². The molecule has 3 rings (SSSR count). The fourth-order valence-electron chi connectivity index (χ4n) is 2.83. The summed E-state index contributed by atoms with van der Waals surface area (Å²) in [6, 6.07) is 8.27. The second-order valence-electron chi connectivity index (χ2n) is 5.81. The van der Waals surface area contributed by atoms with Crippen molar-refractivity contribution in [2.24, 2.45) is 0 Å². The Labute approximate surface area is 148 Å². The number of hydrogen-bond donors (Lipinski definition) is 1. The summed E-state index contributed by atoms with van der Waals surface area (Å²) in [5.74, 6) is -0.0603. The molecule has 0 saturated carbocycles. The van der Waals surface area contributed by atoms with Crippen LogP contribution in [0.2, 0.25) is 0 Å². The minimum atomic E-state index is -4.58. The molecule has 138 valence electrons. The monoisotopic (exact) mass is 365 g/mol. The van der Waals surface area contributed by atoms with Gasteiger partial charge in [0.15, 0.2) is 0 Å². The number of morpholine rings is 1. The number of nitrogens with zero attached hydrogens (tertiary/aromatic N) is 2. The molecule has 0 spiro atoms. The van der Waals surface area contributed by atoms with Gasteiger partial charge < -0.3 is 15.0 Å². The van der Waals surface area contributed by atoms with E-state index in [1.165, 1.54) is 18.2 Å². The molecule has 1 amide bonds. The molecule has 0 unspecified atom stereocenters. The normalized spacial score (nSPS) is 15.0. The summed E-state index contributed by atoms with van der Waals surface area (Å²) in [7, 11) is 0. The predicted octanol–water partition coefficient (Wildman–Crippen LogP) is 2.87. The lowest BCUT2D eigenvalue weighted by Crippen LogP contribution is -2.38. The van der Waals surface area contributed by atoms with Gasteiger partial charge in [-0.1, -0.05) is 18.2 Å². The number of alkyl halides is 3. The quantitative estimate of drug-likeness (QED) is 0.905. The van der Waals surface area contributed by atoms with Gasteiger partial charge in [-0.15, -0.1) is 0 Å². The first-order chi connectivity index (χ1) is 12.5. The van der Waals surface area contributed by atoms with Crippen LogP contribution in [-0.4, -0.2) is 37.2 Å². The second-order valence-corrected chi connectivity index (χ2v) is 5.81. The molecule has 1 aromatic carbocycles. The van der Waals surface area contributed by atoms with Crippen LogP contribution in [0.25, 0.3) is 0 Å². The van der Waals surface area contributed by atoms with E-state index < -0.39 is 23.2 Å². The van der Waals surface area contributed by atoms with Gasteiger partial charge in [-0.3, -0.25) is 4.79 Å². The average Bonchev–Trinajstić information content (AvgIpc) is 2.66. The average molecular weight is 365 g/mol. The summed E-state index contributed by atoms with van der Waals surface area (Å²) in [6.45, 7) is 2.61. The van der Waals surface area contributed by atoms with Crippen molar-refractivity contribution in [3.05, 3.63) is 59.3 Å². The van der Waals surface area contributed by atoms with Crippen LogP contribution in [-0.2, 0) is 17.5 Å². The summed E-state index contributed by atoms with van der Waals surface area (Å²) in [5, 5.41) is 2.57. The highest BCUT2D eigenvalue weighted by atomic mass is 19.4. The van der Waals surface area contributed by atoms with E-state index in [2.05, 4.69) is 10.3 Å². The van der Waals surface area contributed by atoms with Crippen LogP contribution < -0.4 is 10.2 Å². The van der Waals surface area contributed by atoms with Crippen molar-refractivity contribution < 1.29 is 22.7 Å². The van der Waals surface area contributed by atoms with E-state index >= 15 is 0 Å². The number of carbonyl (C=O) groups excluding carboxylic acids is 1. The highest BCUT2D eigenvalue weighted by Gasteiger charge is 2.34. The van der Waals surface area contributed by atoms with Gasteiger partial charge in [-0.2, -0.15) is 13.2 Å². The molecule has 1 aromatic heterocycles. The molecule has 0 radical (unpaired) electrons. The molecule has 0 bridgehead atoms. The standard InChI is InChI=1S/C18H18F3N3O2/c19-18(20,21)15-6-2-1-5-14(15)17(25)23-12-13-4-3-7-22-16(13)24-8-10-26-11-9-24/h1-7H,8-12H2,(H,23,25). The Morgan fingerprint density at radius 2 is 1.88 bits per heavy atom. The lowest BCUT2D eigenvalue weighted by molar-refractivity contribution is -0.137. The Morgan fingerprint density at radius 3 is 2.62 bits per heavy atom. The molecule has 2 heterocycles. The van der Waals surface area contributed by atoms with Crippen LogP contribution >= 0.6 is 0 Å². The number of pyridine rings is 1. The molecule has 5 nitrogen and oxygen atoms in total. The van der Waals surface area contributed by atoms with E-state index in [9.17, 15) is 18.0 Å². The first-order valence-electron chi connectivity index (χ1n) is 8.18. The van der Waals surface area contributed by atoms with Crippen molar-refractivity contribution in [2.75, 3.05) is 31.2 Å². The Kier molecular flexibility index (Phi) is 5.41. The maximum atomic E-state index is 13.1. The van der Waals surface area contributed by atoms with Gasteiger partial charge in [0, 0.05) is 31.4 Å². The number of nitrogens with one attached hydrogen (secondary N) is 1. The first-order valence-corrected chi connectivity index (χ1v) is 8.18. The Balaban J connectivity index is 1.75. The van der Waals surface area contributed by atoms with E-state index in [0.717, 1.165) is 11.6 Å². The summed E-state index contributed by atoms with van der Waals surface area (Å²) in [5.41, 5.74) is -0.596. The molecule has 8 heteroatoms. The molecule has 2 aromatic rings. The van der Waals surface area contributed by atoms with Crippen LogP contribution in [0.15, 0.2) is 42.6 Å². The highest BCUT2D eigenvalue weighted by Crippen LogP contribution is 2.31. The smallest absolute Gasteiger partial charge is 0.378 e.